The third kappa shape index (κ3) is 2.96. The second-order valence-corrected chi connectivity index (χ2v) is 7.42. The summed E-state index contributed by atoms with van der Waals surface area (Å²) in [4.78, 5) is 0. The summed E-state index contributed by atoms with van der Waals surface area (Å²) in [6, 6.07) is 8.05. The Morgan fingerprint density at radius 2 is 1.81 bits per heavy atom. The smallest absolute Gasteiger partial charge is 0.115 e. The number of benzene rings is 1. The van der Waals surface area contributed by atoms with Gasteiger partial charge < -0.3 is 9.30 Å². The molecule has 0 saturated heterocycles. The van der Waals surface area contributed by atoms with Gasteiger partial charge in [0.25, 0.3) is 0 Å². The topological polar surface area (TPSA) is 26.3 Å². The number of rotatable bonds is 6. The van der Waals surface area contributed by atoms with E-state index >= 15 is 0 Å². The van der Waals surface area contributed by atoms with Crippen LogP contribution in [0.4, 0.5) is 0 Å². The van der Waals surface area contributed by atoms with E-state index in [0.29, 0.717) is 6.61 Å². The molecule has 0 heterocycles. The maximum absolute atomic E-state index is 12.7. The van der Waals surface area contributed by atoms with Crippen molar-refractivity contribution in [1.82, 2.24) is 0 Å². The normalized spacial score (nSPS) is 11.7. The Kier molecular flexibility index (Phi) is 5.24. The van der Waals surface area contributed by atoms with Crippen LogP contribution in [-0.4, -0.2) is 26.0 Å². The number of ether oxygens (including phenoxy) is 1. The van der Waals surface area contributed by atoms with E-state index in [4.69, 9.17) is 4.74 Å². The molecule has 0 spiro atoms. The van der Waals surface area contributed by atoms with Gasteiger partial charge in [-0.05, 0) is 12.0 Å². The first-order chi connectivity index (χ1) is 7.68. The molecule has 0 aliphatic heterocycles. The first-order valence-electron chi connectivity index (χ1n) is 5.83. The van der Waals surface area contributed by atoms with Crippen LogP contribution in [0.1, 0.15) is 19.4 Å². The highest BCUT2D eigenvalue weighted by atomic mass is 31.2. The van der Waals surface area contributed by atoms with E-state index in [1.807, 2.05) is 32.0 Å². The molecule has 0 aliphatic rings. The Hall–Kier alpha value is -0.590. The zero-order chi connectivity index (χ0) is 12.0. The molecule has 0 fully saturated rings. The summed E-state index contributed by atoms with van der Waals surface area (Å²) >= 11 is 0. The molecule has 0 unspecified atom stereocenters. The maximum Gasteiger partial charge on any atom is 0.115 e. The highest BCUT2D eigenvalue weighted by Crippen LogP contribution is 2.44. The minimum atomic E-state index is -2.17. The van der Waals surface area contributed by atoms with E-state index in [1.165, 1.54) is 5.56 Å². The van der Waals surface area contributed by atoms with Crippen molar-refractivity contribution in [3.05, 3.63) is 29.8 Å². The van der Waals surface area contributed by atoms with Crippen LogP contribution in [-0.2, 0) is 15.7 Å². The second-order valence-electron chi connectivity index (χ2n) is 3.89. The van der Waals surface area contributed by atoms with E-state index in [2.05, 4.69) is 6.07 Å². The quantitative estimate of drug-likeness (QED) is 0.715. The van der Waals surface area contributed by atoms with Gasteiger partial charge in [-0.2, -0.15) is 0 Å². The Bertz CT molecular complexity index is 366. The lowest BCUT2D eigenvalue weighted by Crippen LogP contribution is -2.15. The van der Waals surface area contributed by atoms with E-state index in [1.54, 1.807) is 7.11 Å². The predicted octanol–water partition coefficient (Wildman–Crippen LogP) is 2.90. The van der Waals surface area contributed by atoms with E-state index < -0.39 is 7.14 Å². The van der Waals surface area contributed by atoms with Crippen LogP contribution in [0.5, 0.6) is 0 Å². The van der Waals surface area contributed by atoms with Gasteiger partial charge in [-0.15, -0.1) is 0 Å². The number of hydrogen-bond acceptors (Lipinski definition) is 2. The predicted molar refractivity (Wildman–Crippen MR) is 70.3 cm³/mol. The lowest BCUT2D eigenvalue weighted by Gasteiger charge is -2.18. The van der Waals surface area contributed by atoms with Crippen LogP contribution in [0, 0.1) is 0 Å². The third-order valence-corrected chi connectivity index (χ3v) is 6.39. The molecule has 2 nitrogen and oxygen atoms in total. The molecule has 90 valence electrons. The molecule has 1 rings (SSSR count). The Balaban J connectivity index is 3.07. The van der Waals surface area contributed by atoms with Gasteiger partial charge in [-0.25, -0.2) is 0 Å². The molecular formula is C13H21O2P. The fraction of sp³-hybridized carbons (Fsp3) is 0.538. The maximum atomic E-state index is 12.7. The molecule has 0 saturated carbocycles. The van der Waals surface area contributed by atoms with Gasteiger partial charge in [-0.3, -0.25) is 0 Å². The molecule has 0 aromatic heterocycles. The fourth-order valence-electron chi connectivity index (χ4n) is 1.90. The Morgan fingerprint density at radius 1 is 1.19 bits per heavy atom. The van der Waals surface area contributed by atoms with Crippen LogP contribution in [0.3, 0.4) is 0 Å². The summed E-state index contributed by atoms with van der Waals surface area (Å²) in [6.07, 6.45) is 2.33. The molecule has 1 aromatic carbocycles. The summed E-state index contributed by atoms with van der Waals surface area (Å²) in [5, 5.41) is 1.05. The lowest BCUT2D eigenvalue weighted by atomic mass is 10.2. The van der Waals surface area contributed by atoms with Crippen LogP contribution in [0.15, 0.2) is 24.3 Å². The van der Waals surface area contributed by atoms with Crippen LogP contribution < -0.4 is 5.30 Å². The summed E-state index contributed by atoms with van der Waals surface area (Å²) < 4.78 is 17.8. The average Bonchev–Trinajstić information content (AvgIpc) is 2.35. The number of hydrogen-bond donors (Lipinski definition) is 0. The Labute approximate surface area is 98.4 Å². The van der Waals surface area contributed by atoms with Gasteiger partial charge >= 0.3 is 0 Å². The first kappa shape index (κ1) is 13.5. The summed E-state index contributed by atoms with van der Waals surface area (Å²) in [5.74, 6) is 0. The van der Waals surface area contributed by atoms with Crippen molar-refractivity contribution < 1.29 is 9.30 Å². The van der Waals surface area contributed by atoms with Crippen molar-refractivity contribution in [3.8, 4) is 0 Å². The zero-order valence-electron chi connectivity index (χ0n) is 10.4. The van der Waals surface area contributed by atoms with Crippen LogP contribution >= 0.6 is 7.14 Å². The molecule has 0 bridgehead atoms. The fourth-order valence-corrected chi connectivity index (χ4v) is 4.09. The minimum Gasteiger partial charge on any atom is -0.384 e. The zero-order valence-corrected chi connectivity index (χ0v) is 11.3. The molecule has 0 radical (unpaired) electrons. The SMILES string of the molecule is CCP(=O)(CC)c1ccccc1CCOC. The van der Waals surface area contributed by atoms with Gasteiger partial charge in [0.1, 0.15) is 7.14 Å². The lowest BCUT2D eigenvalue weighted by molar-refractivity contribution is 0.202. The standard InChI is InChI=1S/C13H21O2P/c1-4-16(14,5-2)13-9-7-6-8-12(13)10-11-15-3/h6-9H,4-5,10-11H2,1-3H3. The van der Waals surface area contributed by atoms with E-state index in [9.17, 15) is 4.57 Å². The summed E-state index contributed by atoms with van der Waals surface area (Å²) in [5.41, 5.74) is 1.18. The van der Waals surface area contributed by atoms with Gasteiger partial charge in [0.2, 0.25) is 0 Å². The first-order valence-corrected chi connectivity index (χ1v) is 7.91. The van der Waals surface area contributed by atoms with Crippen molar-refractivity contribution >= 4 is 12.4 Å². The highest BCUT2D eigenvalue weighted by Gasteiger charge is 2.22. The van der Waals surface area contributed by atoms with Crippen molar-refractivity contribution in [2.75, 3.05) is 26.0 Å². The van der Waals surface area contributed by atoms with Gasteiger partial charge in [0.15, 0.2) is 0 Å². The van der Waals surface area contributed by atoms with Crippen molar-refractivity contribution in [1.29, 1.82) is 0 Å². The van der Waals surface area contributed by atoms with Crippen LogP contribution in [0.2, 0.25) is 0 Å². The second kappa shape index (κ2) is 6.22. The summed E-state index contributed by atoms with van der Waals surface area (Å²) in [7, 11) is -0.471. The van der Waals surface area contributed by atoms with Crippen molar-refractivity contribution in [2.45, 2.75) is 20.3 Å². The van der Waals surface area contributed by atoms with Gasteiger partial charge in [-0.1, -0.05) is 38.1 Å². The van der Waals surface area contributed by atoms with Crippen LogP contribution in [0.25, 0.3) is 0 Å². The van der Waals surface area contributed by atoms with Crippen molar-refractivity contribution in [3.63, 3.8) is 0 Å². The molecule has 1 aromatic rings. The van der Waals surface area contributed by atoms with E-state index in [0.717, 1.165) is 24.0 Å². The largest absolute Gasteiger partial charge is 0.384 e. The van der Waals surface area contributed by atoms with Crippen molar-refractivity contribution in [2.24, 2.45) is 0 Å². The Morgan fingerprint density at radius 3 is 2.38 bits per heavy atom. The third-order valence-electron chi connectivity index (χ3n) is 3.03. The minimum absolute atomic E-state index is 0.685. The molecule has 0 N–H and O–H groups in total. The summed E-state index contributed by atoms with van der Waals surface area (Å²) in [6.45, 7) is 4.71. The monoisotopic (exact) mass is 240 g/mol. The molecular weight excluding hydrogens is 219 g/mol. The molecule has 16 heavy (non-hydrogen) atoms. The van der Waals surface area contributed by atoms with Gasteiger partial charge in [0, 0.05) is 24.7 Å². The van der Waals surface area contributed by atoms with E-state index in [-0.39, 0.29) is 0 Å². The molecule has 0 atom stereocenters. The van der Waals surface area contributed by atoms with Gasteiger partial charge in [0.05, 0.1) is 6.61 Å². The molecule has 0 aliphatic carbocycles. The highest BCUT2D eigenvalue weighted by molar-refractivity contribution is 7.71. The number of methoxy groups -OCH3 is 1. The molecule has 3 heteroatoms. The molecule has 0 amide bonds. The average molecular weight is 240 g/mol.